The van der Waals surface area contributed by atoms with Crippen molar-refractivity contribution in [3.8, 4) is 0 Å². The van der Waals surface area contributed by atoms with Crippen LogP contribution < -0.4 is 0 Å². The molecule has 0 aliphatic carbocycles. The van der Waals surface area contributed by atoms with Crippen LogP contribution in [0.25, 0.3) is 10.9 Å². The maximum Gasteiger partial charge on any atom is 0.328 e. The van der Waals surface area contributed by atoms with Gasteiger partial charge in [-0.1, -0.05) is 38.0 Å². The molecule has 1 amide bonds. The SMILES string of the molecule is CCCCC(C(=O)OCC)N1CCc2c([nH]c3ccccc23)C1=O. The number of esters is 1. The van der Waals surface area contributed by atoms with Crippen LogP contribution in [0, 0.1) is 0 Å². The van der Waals surface area contributed by atoms with E-state index in [4.69, 9.17) is 4.74 Å². The Kier molecular flexibility index (Phi) is 4.88. The first-order chi connectivity index (χ1) is 11.7. The third kappa shape index (κ3) is 2.90. The number of aromatic nitrogens is 1. The fourth-order valence-electron chi connectivity index (χ4n) is 3.45. The molecule has 0 fully saturated rings. The summed E-state index contributed by atoms with van der Waals surface area (Å²) in [6.07, 6.45) is 3.28. The van der Waals surface area contributed by atoms with E-state index in [9.17, 15) is 9.59 Å². The third-order valence-electron chi connectivity index (χ3n) is 4.66. The van der Waals surface area contributed by atoms with Crippen molar-refractivity contribution in [2.45, 2.75) is 45.6 Å². The van der Waals surface area contributed by atoms with Crippen molar-refractivity contribution in [2.75, 3.05) is 13.2 Å². The van der Waals surface area contributed by atoms with Gasteiger partial charge in [0.25, 0.3) is 5.91 Å². The van der Waals surface area contributed by atoms with Crippen molar-refractivity contribution >= 4 is 22.8 Å². The molecule has 1 aromatic carbocycles. The molecular weight excluding hydrogens is 304 g/mol. The quantitative estimate of drug-likeness (QED) is 0.828. The summed E-state index contributed by atoms with van der Waals surface area (Å²) in [6.45, 7) is 4.76. The normalized spacial score (nSPS) is 15.4. The van der Waals surface area contributed by atoms with Gasteiger partial charge in [-0.25, -0.2) is 4.79 Å². The van der Waals surface area contributed by atoms with Crippen molar-refractivity contribution in [3.05, 3.63) is 35.5 Å². The molecule has 0 spiro atoms. The van der Waals surface area contributed by atoms with E-state index < -0.39 is 6.04 Å². The second-order valence-electron chi connectivity index (χ2n) is 6.18. The summed E-state index contributed by atoms with van der Waals surface area (Å²) in [5.74, 6) is -0.388. The predicted molar refractivity (Wildman–Crippen MR) is 93.0 cm³/mol. The van der Waals surface area contributed by atoms with Crippen LogP contribution in [0.5, 0.6) is 0 Å². The van der Waals surface area contributed by atoms with E-state index in [0.717, 1.165) is 35.7 Å². The molecule has 1 N–H and O–H groups in total. The van der Waals surface area contributed by atoms with Crippen molar-refractivity contribution < 1.29 is 14.3 Å². The number of nitrogens with zero attached hydrogens (tertiary/aromatic N) is 1. The molecule has 0 saturated heterocycles. The summed E-state index contributed by atoms with van der Waals surface area (Å²) in [5.41, 5.74) is 2.65. The first-order valence-electron chi connectivity index (χ1n) is 8.74. The molecular formula is C19H24N2O3. The minimum atomic E-state index is -0.489. The van der Waals surface area contributed by atoms with Crippen LogP contribution >= 0.6 is 0 Å². The van der Waals surface area contributed by atoms with Crippen molar-refractivity contribution in [1.82, 2.24) is 9.88 Å². The van der Waals surface area contributed by atoms with Gasteiger partial charge < -0.3 is 14.6 Å². The van der Waals surface area contributed by atoms with Gasteiger partial charge in [-0.15, -0.1) is 0 Å². The molecule has 1 aliphatic rings. The highest BCUT2D eigenvalue weighted by Crippen LogP contribution is 2.29. The van der Waals surface area contributed by atoms with Gasteiger partial charge in [-0.2, -0.15) is 0 Å². The Morgan fingerprint density at radius 1 is 1.33 bits per heavy atom. The molecule has 3 rings (SSSR count). The van der Waals surface area contributed by atoms with E-state index in [2.05, 4.69) is 11.9 Å². The Bertz CT molecular complexity index is 750. The first kappa shape index (κ1) is 16.6. The zero-order valence-corrected chi connectivity index (χ0v) is 14.3. The number of ether oxygens (including phenoxy) is 1. The van der Waals surface area contributed by atoms with Crippen LogP contribution in [0.15, 0.2) is 24.3 Å². The molecule has 5 nitrogen and oxygen atoms in total. The molecule has 1 aromatic heterocycles. The van der Waals surface area contributed by atoms with E-state index in [1.165, 1.54) is 0 Å². The number of carbonyl (C=O) groups is 2. The number of H-pyrrole nitrogens is 1. The molecule has 1 unspecified atom stereocenters. The number of benzene rings is 1. The highest BCUT2D eigenvalue weighted by Gasteiger charge is 2.36. The van der Waals surface area contributed by atoms with Gasteiger partial charge in [0.05, 0.1) is 6.61 Å². The highest BCUT2D eigenvalue weighted by atomic mass is 16.5. The Morgan fingerprint density at radius 3 is 2.88 bits per heavy atom. The molecule has 1 aliphatic heterocycles. The lowest BCUT2D eigenvalue weighted by atomic mass is 9.99. The van der Waals surface area contributed by atoms with E-state index in [0.29, 0.717) is 25.3 Å². The lowest BCUT2D eigenvalue weighted by Crippen LogP contribution is -2.49. The first-order valence-corrected chi connectivity index (χ1v) is 8.74. The van der Waals surface area contributed by atoms with Crippen LogP contribution in [-0.2, 0) is 16.0 Å². The number of hydrogen-bond acceptors (Lipinski definition) is 3. The Morgan fingerprint density at radius 2 is 2.12 bits per heavy atom. The average Bonchev–Trinajstić information content (AvgIpc) is 2.97. The highest BCUT2D eigenvalue weighted by molar-refractivity contribution is 6.03. The molecule has 0 bridgehead atoms. The largest absolute Gasteiger partial charge is 0.464 e. The minimum Gasteiger partial charge on any atom is -0.464 e. The summed E-state index contributed by atoms with van der Waals surface area (Å²) in [5, 5.41) is 1.10. The summed E-state index contributed by atoms with van der Waals surface area (Å²) < 4.78 is 5.21. The average molecular weight is 328 g/mol. The smallest absolute Gasteiger partial charge is 0.328 e. The molecule has 2 aromatic rings. The van der Waals surface area contributed by atoms with Crippen molar-refractivity contribution in [2.24, 2.45) is 0 Å². The second kappa shape index (κ2) is 7.07. The van der Waals surface area contributed by atoms with Crippen LogP contribution in [0.4, 0.5) is 0 Å². The summed E-state index contributed by atoms with van der Waals surface area (Å²) in [7, 11) is 0. The van der Waals surface area contributed by atoms with Gasteiger partial charge in [-0.05, 0) is 31.4 Å². The molecule has 24 heavy (non-hydrogen) atoms. The van der Waals surface area contributed by atoms with Crippen molar-refractivity contribution in [3.63, 3.8) is 0 Å². The third-order valence-corrected chi connectivity index (χ3v) is 4.66. The summed E-state index contributed by atoms with van der Waals surface area (Å²) in [4.78, 5) is 30.3. The minimum absolute atomic E-state index is 0.0957. The standard InChI is InChI=1S/C19H24N2O3/c1-3-5-10-16(19(23)24-4-2)21-12-11-14-13-8-6-7-9-15(13)20-17(14)18(21)22/h6-9,16,20H,3-5,10-12H2,1-2H3. The maximum atomic E-state index is 13.0. The van der Waals surface area contributed by atoms with E-state index >= 15 is 0 Å². The molecule has 0 saturated carbocycles. The second-order valence-corrected chi connectivity index (χ2v) is 6.18. The van der Waals surface area contributed by atoms with Gasteiger partial charge in [0.2, 0.25) is 0 Å². The Labute approximate surface area is 142 Å². The maximum absolute atomic E-state index is 13.0. The Hall–Kier alpha value is -2.30. The van der Waals surface area contributed by atoms with Gasteiger partial charge in [0, 0.05) is 17.4 Å². The topological polar surface area (TPSA) is 62.4 Å². The number of nitrogens with one attached hydrogen (secondary N) is 1. The van der Waals surface area contributed by atoms with Crippen LogP contribution in [0.1, 0.15) is 49.2 Å². The number of amides is 1. The number of hydrogen-bond donors (Lipinski definition) is 1. The number of fused-ring (bicyclic) bond motifs is 3. The van der Waals surface area contributed by atoms with E-state index in [-0.39, 0.29) is 11.9 Å². The zero-order valence-electron chi connectivity index (χ0n) is 14.3. The van der Waals surface area contributed by atoms with E-state index in [1.807, 2.05) is 24.3 Å². The number of rotatable bonds is 6. The molecule has 0 radical (unpaired) electrons. The molecule has 128 valence electrons. The van der Waals surface area contributed by atoms with Crippen molar-refractivity contribution in [1.29, 1.82) is 0 Å². The number of unbranched alkanes of at least 4 members (excludes halogenated alkanes) is 1. The lowest BCUT2D eigenvalue weighted by molar-refractivity contribution is -0.149. The number of carbonyl (C=O) groups excluding carboxylic acids is 2. The molecule has 2 heterocycles. The summed E-state index contributed by atoms with van der Waals surface area (Å²) >= 11 is 0. The van der Waals surface area contributed by atoms with E-state index in [1.54, 1.807) is 11.8 Å². The van der Waals surface area contributed by atoms with Gasteiger partial charge >= 0.3 is 5.97 Å². The van der Waals surface area contributed by atoms with Crippen LogP contribution in [0.3, 0.4) is 0 Å². The van der Waals surface area contributed by atoms with Crippen LogP contribution in [-0.4, -0.2) is 41.0 Å². The number of para-hydroxylation sites is 1. The fourth-order valence-corrected chi connectivity index (χ4v) is 3.45. The zero-order chi connectivity index (χ0) is 17.1. The van der Waals surface area contributed by atoms with Gasteiger partial charge in [-0.3, -0.25) is 4.79 Å². The van der Waals surface area contributed by atoms with Crippen LogP contribution in [0.2, 0.25) is 0 Å². The van der Waals surface area contributed by atoms with Gasteiger partial charge in [0.1, 0.15) is 11.7 Å². The lowest BCUT2D eigenvalue weighted by Gasteiger charge is -2.33. The van der Waals surface area contributed by atoms with Gasteiger partial charge in [0.15, 0.2) is 0 Å². The Balaban J connectivity index is 1.91. The number of aromatic amines is 1. The predicted octanol–water partition coefficient (Wildman–Crippen LogP) is 3.29. The molecule has 5 heteroatoms. The molecule has 1 atom stereocenters. The monoisotopic (exact) mass is 328 g/mol. The fraction of sp³-hybridized carbons (Fsp3) is 0.474. The summed E-state index contributed by atoms with van der Waals surface area (Å²) in [6, 6.07) is 7.46.